The fourth-order valence-corrected chi connectivity index (χ4v) is 3.38. The fraction of sp³-hybridized carbons (Fsp3) is 0.375. The average Bonchev–Trinajstić information content (AvgIpc) is 2.91. The van der Waals surface area contributed by atoms with Crippen molar-refractivity contribution in [3.63, 3.8) is 0 Å². The van der Waals surface area contributed by atoms with E-state index in [1.807, 2.05) is 22.8 Å². The van der Waals surface area contributed by atoms with Gasteiger partial charge in [0.25, 0.3) is 12.3 Å². The molecule has 6 nitrogen and oxygen atoms in total. The molecule has 25 heavy (non-hydrogen) atoms. The van der Waals surface area contributed by atoms with Crippen molar-refractivity contribution in [3.05, 3.63) is 28.9 Å². The summed E-state index contributed by atoms with van der Waals surface area (Å²) in [6, 6.07) is 4.20. The Morgan fingerprint density at radius 3 is 3.00 bits per heavy atom. The number of morpholine rings is 1. The van der Waals surface area contributed by atoms with Gasteiger partial charge in [-0.3, -0.25) is 9.69 Å². The van der Waals surface area contributed by atoms with E-state index in [1.54, 1.807) is 6.20 Å². The maximum Gasteiger partial charge on any atom is 0.261 e. The summed E-state index contributed by atoms with van der Waals surface area (Å²) in [7, 11) is 0. The molecule has 0 bridgehead atoms. The van der Waals surface area contributed by atoms with Gasteiger partial charge in [-0.2, -0.15) is 0 Å². The molecule has 132 valence electrons. The Bertz CT molecular complexity index is 827. The standard InChI is InChI=1S/C16H14BrF2N3O3/c17-9-1-2-10-12(5-9)25-4-3-21-6-13(20-16(10)21)22-11(15(18)19)7-24-8-14(22)23/h1-2,5-6,11,15H,3-4,7-8H2. The molecule has 2 aliphatic rings. The lowest BCUT2D eigenvalue weighted by molar-refractivity contribution is -0.130. The quantitative estimate of drug-likeness (QED) is 0.759. The maximum atomic E-state index is 13.3. The van der Waals surface area contributed by atoms with Gasteiger partial charge in [-0.15, -0.1) is 0 Å². The summed E-state index contributed by atoms with van der Waals surface area (Å²) in [5, 5.41) is 0. The molecule has 0 radical (unpaired) electrons. The molecule has 1 aromatic heterocycles. The first-order chi connectivity index (χ1) is 12.0. The fourth-order valence-electron chi connectivity index (χ4n) is 3.04. The zero-order valence-corrected chi connectivity index (χ0v) is 14.6. The van der Waals surface area contributed by atoms with E-state index in [-0.39, 0.29) is 19.0 Å². The Morgan fingerprint density at radius 2 is 2.20 bits per heavy atom. The SMILES string of the molecule is O=C1COCC(C(F)F)N1c1cn2c(n1)-c1ccc(Br)cc1OCC2. The molecule has 0 aliphatic carbocycles. The molecule has 2 aromatic rings. The highest BCUT2D eigenvalue weighted by Crippen LogP contribution is 2.36. The van der Waals surface area contributed by atoms with Gasteiger partial charge in [-0.05, 0) is 18.2 Å². The van der Waals surface area contributed by atoms with E-state index in [0.29, 0.717) is 24.7 Å². The van der Waals surface area contributed by atoms with Gasteiger partial charge < -0.3 is 14.0 Å². The second kappa shape index (κ2) is 6.38. The van der Waals surface area contributed by atoms with Crippen LogP contribution in [0.5, 0.6) is 5.75 Å². The van der Waals surface area contributed by atoms with E-state index in [2.05, 4.69) is 20.9 Å². The van der Waals surface area contributed by atoms with E-state index in [4.69, 9.17) is 9.47 Å². The smallest absolute Gasteiger partial charge is 0.261 e. The van der Waals surface area contributed by atoms with Crippen molar-refractivity contribution >= 4 is 27.7 Å². The molecular weight excluding hydrogens is 400 g/mol. The van der Waals surface area contributed by atoms with Gasteiger partial charge in [-0.25, -0.2) is 13.8 Å². The van der Waals surface area contributed by atoms with Gasteiger partial charge in [0, 0.05) is 10.7 Å². The first-order valence-electron chi connectivity index (χ1n) is 7.72. The highest BCUT2D eigenvalue weighted by atomic mass is 79.9. The number of halogens is 3. The summed E-state index contributed by atoms with van der Waals surface area (Å²) in [6.45, 7) is 0.490. The Morgan fingerprint density at radius 1 is 1.36 bits per heavy atom. The van der Waals surface area contributed by atoms with E-state index in [9.17, 15) is 13.6 Å². The zero-order valence-electron chi connectivity index (χ0n) is 13.0. The third-order valence-corrected chi connectivity index (χ3v) is 4.68. The minimum Gasteiger partial charge on any atom is -0.491 e. The zero-order chi connectivity index (χ0) is 17.6. The van der Waals surface area contributed by atoms with Crippen molar-refractivity contribution in [2.75, 3.05) is 24.7 Å². The number of anilines is 1. The van der Waals surface area contributed by atoms with Crippen molar-refractivity contribution in [3.8, 4) is 17.1 Å². The molecule has 9 heteroatoms. The van der Waals surface area contributed by atoms with Gasteiger partial charge in [0.2, 0.25) is 0 Å². The van der Waals surface area contributed by atoms with Crippen LogP contribution in [0.4, 0.5) is 14.6 Å². The van der Waals surface area contributed by atoms with Crippen molar-refractivity contribution in [1.82, 2.24) is 9.55 Å². The molecule has 1 saturated heterocycles. The molecule has 1 fully saturated rings. The van der Waals surface area contributed by atoms with Crippen molar-refractivity contribution in [2.45, 2.75) is 19.0 Å². The molecule has 1 unspecified atom stereocenters. The Labute approximate surface area is 150 Å². The van der Waals surface area contributed by atoms with Crippen LogP contribution < -0.4 is 9.64 Å². The maximum absolute atomic E-state index is 13.3. The van der Waals surface area contributed by atoms with Gasteiger partial charge in [0.1, 0.15) is 30.8 Å². The number of imidazole rings is 1. The van der Waals surface area contributed by atoms with Crippen molar-refractivity contribution < 1.29 is 23.0 Å². The third-order valence-electron chi connectivity index (χ3n) is 4.19. The Hall–Kier alpha value is -2.00. The van der Waals surface area contributed by atoms with Crippen molar-refractivity contribution in [2.24, 2.45) is 0 Å². The molecule has 3 heterocycles. The van der Waals surface area contributed by atoms with Crippen LogP contribution in [0.3, 0.4) is 0 Å². The lowest BCUT2D eigenvalue weighted by atomic mass is 10.2. The second-order valence-electron chi connectivity index (χ2n) is 5.79. The highest BCUT2D eigenvalue weighted by Gasteiger charge is 2.38. The number of nitrogens with zero attached hydrogens (tertiary/aromatic N) is 3. The molecule has 0 saturated carbocycles. The normalized spacial score (nSPS) is 20.1. The number of ether oxygens (including phenoxy) is 2. The number of carbonyl (C=O) groups is 1. The van der Waals surface area contributed by atoms with Crippen LogP contribution >= 0.6 is 15.9 Å². The predicted octanol–water partition coefficient (Wildman–Crippen LogP) is 2.70. The number of hydrogen-bond donors (Lipinski definition) is 0. The highest BCUT2D eigenvalue weighted by molar-refractivity contribution is 9.10. The number of carbonyl (C=O) groups excluding carboxylic acids is 1. The molecule has 1 atom stereocenters. The molecule has 1 amide bonds. The second-order valence-corrected chi connectivity index (χ2v) is 6.70. The molecule has 1 aromatic carbocycles. The van der Waals surface area contributed by atoms with E-state index in [0.717, 1.165) is 14.9 Å². The monoisotopic (exact) mass is 413 g/mol. The summed E-state index contributed by atoms with van der Waals surface area (Å²) in [4.78, 5) is 17.7. The van der Waals surface area contributed by atoms with Crippen LogP contribution in [0.2, 0.25) is 0 Å². The molecular formula is C16H14BrF2N3O3. The lowest BCUT2D eigenvalue weighted by Crippen LogP contribution is -2.53. The predicted molar refractivity (Wildman–Crippen MR) is 89.0 cm³/mol. The molecule has 4 rings (SSSR count). The number of hydrogen-bond acceptors (Lipinski definition) is 4. The van der Waals surface area contributed by atoms with Crippen LogP contribution in [-0.4, -0.2) is 47.7 Å². The largest absolute Gasteiger partial charge is 0.491 e. The average molecular weight is 414 g/mol. The summed E-state index contributed by atoms with van der Waals surface area (Å²) in [5.74, 6) is 0.938. The van der Waals surface area contributed by atoms with Crippen LogP contribution in [0.1, 0.15) is 0 Å². The number of benzene rings is 1. The number of fused-ring (bicyclic) bond motifs is 3. The number of aromatic nitrogens is 2. The van der Waals surface area contributed by atoms with Crippen LogP contribution in [-0.2, 0) is 16.1 Å². The Balaban J connectivity index is 1.79. The molecule has 0 spiro atoms. The summed E-state index contributed by atoms with van der Waals surface area (Å²) in [6.07, 6.45) is -1.09. The molecule has 0 N–H and O–H groups in total. The number of amides is 1. The van der Waals surface area contributed by atoms with E-state index >= 15 is 0 Å². The van der Waals surface area contributed by atoms with Gasteiger partial charge in [0.15, 0.2) is 5.82 Å². The topological polar surface area (TPSA) is 56.6 Å². The van der Waals surface area contributed by atoms with E-state index < -0.39 is 18.4 Å². The van der Waals surface area contributed by atoms with Crippen LogP contribution in [0, 0.1) is 0 Å². The lowest BCUT2D eigenvalue weighted by Gasteiger charge is -2.33. The van der Waals surface area contributed by atoms with Gasteiger partial charge >= 0.3 is 0 Å². The summed E-state index contributed by atoms with van der Waals surface area (Å²) < 4.78 is 40.0. The number of alkyl halides is 2. The first-order valence-corrected chi connectivity index (χ1v) is 8.52. The Kier molecular flexibility index (Phi) is 4.20. The molecule has 2 aliphatic heterocycles. The van der Waals surface area contributed by atoms with Crippen LogP contribution in [0.15, 0.2) is 28.9 Å². The van der Waals surface area contributed by atoms with Gasteiger partial charge in [0.05, 0.1) is 18.7 Å². The summed E-state index contributed by atoms with van der Waals surface area (Å²) >= 11 is 3.40. The van der Waals surface area contributed by atoms with Gasteiger partial charge in [-0.1, -0.05) is 15.9 Å². The third kappa shape index (κ3) is 2.91. The minimum absolute atomic E-state index is 0.210. The van der Waals surface area contributed by atoms with Crippen molar-refractivity contribution in [1.29, 1.82) is 0 Å². The first kappa shape index (κ1) is 16.5. The summed E-state index contributed by atoms with van der Waals surface area (Å²) in [5.41, 5.74) is 0.751. The number of rotatable bonds is 2. The minimum atomic E-state index is -2.71. The van der Waals surface area contributed by atoms with Crippen LogP contribution in [0.25, 0.3) is 11.4 Å². The van der Waals surface area contributed by atoms with E-state index in [1.165, 1.54) is 0 Å².